The van der Waals surface area contributed by atoms with Gasteiger partial charge in [0.25, 0.3) is 8.32 Å². The number of aliphatic carboxylic acids is 1. The van der Waals surface area contributed by atoms with Crippen molar-refractivity contribution in [2.24, 2.45) is 11.8 Å². The van der Waals surface area contributed by atoms with Crippen LogP contribution in [-0.4, -0.2) is 31.2 Å². The fraction of sp³-hybridized carbons (Fsp3) is 0.556. The molecule has 1 aromatic heterocycles. The van der Waals surface area contributed by atoms with Crippen molar-refractivity contribution < 1.29 is 18.9 Å². The first-order chi connectivity index (χ1) is 20.1. The number of hydrogen-bond acceptors (Lipinski definition) is 4. The van der Waals surface area contributed by atoms with Gasteiger partial charge in [-0.25, -0.2) is 0 Å². The van der Waals surface area contributed by atoms with Gasteiger partial charge in [-0.1, -0.05) is 100 Å². The van der Waals surface area contributed by atoms with E-state index >= 15 is 0 Å². The molecule has 226 valence electrons. The average molecular weight is 588 g/mol. The first-order valence-corrected chi connectivity index (χ1v) is 18.0. The zero-order valence-corrected chi connectivity index (χ0v) is 27.1. The Morgan fingerprint density at radius 2 is 1.60 bits per heavy atom. The van der Waals surface area contributed by atoms with Crippen LogP contribution < -0.4 is 10.4 Å². The predicted molar refractivity (Wildman–Crippen MR) is 171 cm³/mol. The molecule has 3 aromatic rings. The lowest BCUT2D eigenvalue weighted by atomic mass is 9.69. The molecule has 42 heavy (non-hydrogen) atoms. The fourth-order valence-corrected chi connectivity index (χ4v) is 12.0. The fourth-order valence-electron chi connectivity index (χ4n) is 7.37. The highest BCUT2D eigenvalue weighted by Crippen LogP contribution is 2.53. The minimum absolute atomic E-state index is 0.0749. The van der Waals surface area contributed by atoms with Gasteiger partial charge in [0, 0.05) is 24.0 Å². The van der Waals surface area contributed by atoms with Crippen LogP contribution in [0.1, 0.15) is 121 Å². The van der Waals surface area contributed by atoms with E-state index in [1.165, 1.54) is 35.2 Å². The van der Waals surface area contributed by atoms with E-state index in [0.717, 1.165) is 49.0 Å². The van der Waals surface area contributed by atoms with Crippen LogP contribution in [0.15, 0.2) is 65.2 Å². The van der Waals surface area contributed by atoms with Crippen molar-refractivity contribution >= 4 is 24.7 Å². The number of nitrogens with zero attached hydrogens (tertiary/aromatic N) is 1. The van der Waals surface area contributed by atoms with Gasteiger partial charge in [0.05, 0.1) is 12.1 Å². The average Bonchev–Trinajstić information content (AvgIpc) is 3.68. The first-order valence-electron chi connectivity index (χ1n) is 16.1. The third kappa shape index (κ3) is 6.60. The maximum atomic E-state index is 12.0. The van der Waals surface area contributed by atoms with Gasteiger partial charge in [-0.15, -0.1) is 0 Å². The van der Waals surface area contributed by atoms with E-state index in [9.17, 15) is 9.90 Å². The molecule has 0 saturated heterocycles. The van der Waals surface area contributed by atoms with E-state index < -0.39 is 14.3 Å². The molecule has 2 fully saturated rings. The van der Waals surface area contributed by atoms with E-state index in [4.69, 9.17) is 8.95 Å². The van der Waals surface area contributed by atoms with Gasteiger partial charge in [-0.2, -0.15) is 0 Å². The molecule has 2 aliphatic carbocycles. The van der Waals surface area contributed by atoms with E-state index in [1.807, 2.05) is 0 Å². The normalized spacial score (nSPS) is 20.0. The molecule has 5 nitrogen and oxygen atoms in total. The second-order valence-corrected chi connectivity index (χ2v) is 18.5. The quantitative estimate of drug-likeness (QED) is 0.153. The summed E-state index contributed by atoms with van der Waals surface area (Å²) in [6, 6.07) is 21.4. The second-order valence-electron chi connectivity index (χ2n) is 14.2. The van der Waals surface area contributed by atoms with Crippen LogP contribution in [0, 0.1) is 11.8 Å². The highest BCUT2D eigenvalue weighted by atomic mass is 28.4. The topological polar surface area (TPSA) is 72.6 Å². The molecule has 1 heterocycles. The first kappa shape index (κ1) is 30.7. The van der Waals surface area contributed by atoms with Crippen molar-refractivity contribution in [1.82, 2.24) is 5.16 Å². The number of carbonyl (C=O) groups is 1. The lowest BCUT2D eigenvalue weighted by Crippen LogP contribution is -2.66. The number of rotatable bonds is 14. The molecular formula is C36H49NO4Si. The summed E-state index contributed by atoms with van der Waals surface area (Å²) in [5.41, 5.74) is 2.16. The molecule has 2 saturated carbocycles. The predicted octanol–water partition coefficient (Wildman–Crippen LogP) is 8.01. The second kappa shape index (κ2) is 12.9. The van der Waals surface area contributed by atoms with E-state index in [-0.39, 0.29) is 17.4 Å². The monoisotopic (exact) mass is 587 g/mol. The summed E-state index contributed by atoms with van der Waals surface area (Å²) in [5, 5.41) is 16.9. The molecule has 2 aliphatic rings. The van der Waals surface area contributed by atoms with Gasteiger partial charge in [-0.3, -0.25) is 4.79 Å². The van der Waals surface area contributed by atoms with Gasteiger partial charge >= 0.3 is 5.97 Å². The third-order valence-electron chi connectivity index (χ3n) is 9.42. The number of carboxylic acids is 1. The summed E-state index contributed by atoms with van der Waals surface area (Å²) in [4.78, 5) is 12.0. The van der Waals surface area contributed by atoms with Crippen LogP contribution in [0.3, 0.4) is 0 Å². The highest BCUT2D eigenvalue weighted by molar-refractivity contribution is 6.99. The summed E-state index contributed by atoms with van der Waals surface area (Å²) in [6.45, 7) is 12.0. The minimum Gasteiger partial charge on any atom is -0.481 e. The molecule has 0 unspecified atom stereocenters. The van der Waals surface area contributed by atoms with Crippen molar-refractivity contribution in [3.8, 4) is 0 Å². The van der Waals surface area contributed by atoms with Gasteiger partial charge in [0.1, 0.15) is 5.76 Å². The zero-order valence-electron chi connectivity index (χ0n) is 26.1. The van der Waals surface area contributed by atoms with E-state index in [0.29, 0.717) is 18.4 Å². The Morgan fingerprint density at radius 1 is 1.00 bits per heavy atom. The molecule has 1 N–H and O–H groups in total. The lowest BCUT2D eigenvalue weighted by molar-refractivity contribution is -0.137. The maximum absolute atomic E-state index is 12.0. The molecule has 1 atom stereocenters. The molecule has 6 heteroatoms. The number of carboxylic acid groups (broad SMARTS) is 1. The Labute approximate surface area is 253 Å². The van der Waals surface area contributed by atoms with E-state index in [2.05, 4.69) is 100 Å². The summed E-state index contributed by atoms with van der Waals surface area (Å²) in [6.07, 6.45) is 7.48. The van der Waals surface area contributed by atoms with E-state index in [1.54, 1.807) is 0 Å². The number of hydrogen-bond donors (Lipinski definition) is 1. The Morgan fingerprint density at radius 3 is 2.10 bits per heavy atom. The van der Waals surface area contributed by atoms with Crippen LogP contribution in [0.2, 0.25) is 5.04 Å². The highest BCUT2D eigenvalue weighted by Gasteiger charge is 2.50. The molecule has 0 amide bonds. The van der Waals surface area contributed by atoms with Gasteiger partial charge in [0.15, 0.2) is 0 Å². The summed E-state index contributed by atoms with van der Waals surface area (Å²) in [7, 11) is -2.63. The molecule has 2 aromatic carbocycles. The third-order valence-corrected chi connectivity index (χ3v) is 14.5. The smallest absolute Gasteiger partial charge is 0.304 e. The van der Waals surface area contributed by atoms with Gasteiger partial charge < -0.3 is 14.1 Å². The SMILES string of the molecule is CC(C)CC1CC(c2onc([C@@H](CCCO[Si](c3ccccc3)(c3ccccc3)C(C)(C)C)CC(=O)O)c2C2CC2)C1. The Balaban J connectivity index is 1.34. The van der Waals surface area contributed by atoms with Crippen molar-refractivity contribution in [3.63, 3.8) is 0 Å². The summed E-state index contributed by atoms with van der Waals surface area (Å²) in [5.74, 6) is 2.53. The van der Waals surface area contributed by atoms with Crippen molar-refractivity contribution in [3.05, 3.63) is 77.7 Å². The zero-order chi connectivity index (χ0) is 29.9. The largest absolute Gasteiger partial charge is 0.481 e. The van der Waals surface area contributed by atoms with Gasteiger partial charge in [-0.05, 0) is 78.1 Å². The maximum Gasteiger partial charge on any atom is 0.304 e. The van der Waals surface area contributed by atoms with Crippen molar-refractivity contribution in [1.29, 1.82) is 0 Å². The Kier molecular flexibility index (Phi) is 9.43. The minimum atomic E-state index is -2.63. The van der Waals surface area contributed by atoms with Crippen molar-refractivity contribution in [2.45, 2.75) is 109 Å². The van der Waals surface area contributed by atoms with Crippen LogP contribution in [0.25, 0.3) is 0 Å². The lowest BCUT2D eigenvalue weighted by Gasteiger charge is -2.43. The molecule has 5 rings (SSSR count). The van der Waals surface area contributed by atoms with Crippen LogP contribution in [-0.2, 0) is 9.22 Å². The standard InChI is InChI=1S/C36H49NO4Si/c1-25(2)21-26-22-29(23-26)35-33(27-18-19-27)34(37-41-35)28(24-32(38)39)13-12-20-40-42(36(3,4)5,30-14-8-6-9-15-30)31-16-10-7-11-17-31/h6-11,14-17,25-29H,12-13,18-24H2,1-5H3,(H,38,39)/t26?,28-,29?/m0/s1. The van der Waals surface area contributed by atoms with Gasteiger partial charge in [0.2, 0.25) is 0 Å². The Hall–Kier alpha value is -2.70. The van der Waals surface area contributed by atoms with Crippen LogP contribution in [0.4, 0.5) is 0 Å². The molecule has 0 aliphatic heterocycles. The molecule has 0 radical (unpaired) electrons. The number of benzene rings is 2. The molecule has 0 bridgehead atoms. The molecule has 0 spiro atoms. The van der Waals surface area contributed by atoms with Crippen LogP contribution in [0.5, 0.6) is 0 Å². The molecular weight excluding hydrogens is 538 g/mol. The van der Waals surface area contributed by atoms with Crippen LogP contribution >= 0.6 is 0 Å². The Bertz CT molecular complexity index is 1260. The number of aromatic nitrogens is 1. The van der Waals surface area contributed by atoms with Crippen molar-refractivity contribution in [2.75, 3.05) is 6.61 Å². The summed E-state index contributed by atoms with van der Waals surface area (Å²) >= 11 is 0. The summed E-state index contributed by atoms with van der Waals surface area (Å²) < 4.78 is 13.2.